The number of para-hydroxylation sites is 1. The number of nitrogens with one attached hydrogen (secondary N) is 1. The molecule has 0 bridgehead atoms. The summed E-state index contributed by atoms with van der Waals surface area (Å²) in [6.45, 7) is 1.52. The zero-order valence-electron chi connectivity index (χ0n) is 16.6. The van der Waals surface area contributed by atoms with Crippen LogP contribution in [0.2, 0.25) is 0 Å². The zero-order valence-corrected chi connectivity index (χ0v) is 16.6. The maximum absolute atomic E-state index is 12.8. The van der Waals surface area contributed by atoms with Crippen LogP contribution in [0.25, 0.3) is 11.1 Å². The monoisotopic (exact) mass is 426 g/mol. The van der Waals surface area contributed by atoms with E-state index in [-0.39, 0.29) is 6.23 Å². The van der Waals surface area contributed by atoms with E-state index in [1.165, 1.54) is 12.1 Å². The quantitative estimate of drug-likeness (QED) is 0.553. The number of hydrogen-bond donors (Lipinski definition) is 1. The summed E-state index contributed by atoms with van der Waals surface area (Å²) in [5.41, 5.74) is 1.61. The first-order chi connectivity index (χ1) is 15.0. The summed E-state index contributed by atoms with van der Waals surface area (Å²) in [7, 11) is 0. The first kappa shape index (κ1) is 20.9. The Bertz CT molecular complexity index is 1030. The molecule has 1 heterocycles. The molecule has 0 aromatic heterocycles. The van der Waals surface area contributed by atoms with Crippen molar-refractivity contribution in [3.8, 4) is 22.6 Å². The van der Waals surface area contributed by atoms with E-state index < -0.39 is 11.7 Å². The second-order valence-corrected chi connectivity index (χ2v) is 7.04. The summed E-state index contributed by atoms with van der Waals surface area (Å²) in [5, 5.41) is 3.27. The van der Waals surface area contributed by atoms with E-state index >= 15 is 0 Å². The Morgan fingerprint density at radius 3 is 2.45 bits per heavy atom. The minimum absolute atomic E-state index is 0.297. The van der Waals surface area contributed by atoms with Gasteiger partial charge in [0, 0.05) is 18.3 Å². The van der Waals surface area contributed by atoms with Gasteiger partial charge in [0.15, 0.2) is 6.23 Å². The van der Waals surface area contributed by atoms with E-state index in [0.717, 1.165) is 29.0 Å². The van der Waals surface area contributed by atoms with Gasteiger partial charge in [-0.05, 0) is 47.5 Å². The normalized spacial score (nSPS) is 15.6. The lowest BCUT2D eigenvalue weighted by Gasteiger charge is -2.18. The number of nitrogens with zero attached hydrogens (tertiary/aromatic N) is 1. The lowest BCUT2D eigenvalue weighted by molar-refractivity contribution is -0.137. The molecule has 1 aliphatic heterocycles. The molecule has 3 aromatic carbocycles. The number of aliphatic imine (C=N–C) groups is 1. The highest BCUT2D eigenvalue weighted by molar-refractivity contribution is 5.86. The van der Waals surface area contributed by atoms with Crippen LogP contribution in [0.4, 0.5) is 13.2 Å². The number of halogens is 3. The molecule has 4 rings (SSSR count). The lowest BCUT2D eigenvalue weighted by Crippen LogP contribution is -2.39. The van der Waals surface area contributed by atoms with Gasteiger partial charge in [-0.2, -0.15) is 13.2 Å². The van der Waals surface area contributed by atoms with Crippen molar-refractivity contribution in [2.24, 2.45) is 4.99 Å². The fourth-order valence-corrected chi connectivity index (χ4v) is 3.24. The second kappa shape index (κ2) is 9.22. The highest BCUT2D eigenvalue weighted by atomic mass is 19.4. The average Bonchev–Trinajstić information content (AvgIpc) is 2.98. The molecule has 160 valence electrons. The standard InChI is InChI=1S/C24H21F3N2O2/c25-24(26,27)20-9-6-17(7-10-20)18-8-11-22-19(14-18)15-28-16-23(31-22)29-12-13-30-21-4-2-1-3-5-21/h1-11,14-15,23,29H,12-13,16H2. The molecule has 1 unspecified atom stereocenters. The molecule has 1 atom stereocenters. The first-order valence-corrected chi connectivity index (χ1v) is 9.88. The van der Waals surface area contributed by atoms with Crippen molar-refractivity contribution >= 4 is 6.21 Å². The molecule has 1 N–H and O–H groups in total. The van der Waals surface area contributed by atoms with E-state index in [1.807, 2.05) is 48.5 Å². The molecule has 3 aromatic rings. The minimum atomic E-state index is -4.35. The van der Waals surface area contributed by atoms with Gasteiger partial charge in [-0.25, -0.2) is 0 Å². The fourth-order valence-electron chi connectivity index (χ4n) is 3.24. The predicted octanol–water partition coefficient (Wildman–Crippen LogP) is 5.18. The Morgan fingerprint density at radius 2 is 1.71 bits per heavy atom. The number of alkyl halides is 3. The van der Waals surface area contributed by atoms with E-state index in [0.29, 0.717) is 31.0 Å². The van der Waals surface area contributed by atoms with Crippen LogP contribution in [0.3, 0.4) is 0 Å². The van der Waals surface area contributed by atoms with Crippen LogP contribution in [0.5, 0.6) is 11.5 Å². The van der Waals surface area contributed by atoms with Gasteiger partial charge in [0.2, 0.25) is 0 Å². The van der Waals surface area contributed by atoms with Gasteiger partial charge in [-0.15, -0.1) is 0 Å². The van der Waals surface area contributed by atoms with Crippen LogP contribution < -0.4 is 14.8 Å². The highest BCUT2D eigenvalue weighted by Crippen LogP contribution is 2.32. The van der Waals surface area contributed by atoms with E-state index in [1.54, 1.807) is 6.21 Å². The SMILES string of the molecule is FC(F)(F)c1ccc(-c2ccc3c(c2)C=NCC(NCCOc2ccccc2)O3)cc1. The molecule has 0 spiro atoms. The van der Waals surface area contributed by atoms with Gasteiger partial charge in [0.05, 0.1) is 12.1 Å². The van der Waals surface area contributed by atoms with Crippen molar-refractivity contribution in [1.29, 1.82) is 0 Å². The number of benzene rings is 3. The summed E-state index contributed by atoms with van der Waals surface area (Å²) in [6.07, 6.45) is -2.92. The molecule has 0 fully saturated rings. The molecule has 0 aliphatic carbocycles. The maximum atomic E-state index is 12.8. The number of rotatable bonds is 6. The highest BCUT2D eigenvalue weighted by Gasteiger charge is 2.30. The van der Waals surface area contributed by atoms with Crippen molar-refractivity contribution in [2.75, 3.05) is 19.7 Å². The molecule has 0 saturated heterocycles. The topological polar surface area (TPSA) is 42.9 Å². The van der Waals surface area contributed by atoms with Gasteiger partial charge in [0.1, 0.15) is 18.1 Å². The molecule has 7 heteroatoms. The van der Waals surface area contributed by atoms with E-state index in [4.69, 9.17) is 9.47 Å². The van der Waals surface area contributed by atoms with Crippen molar-refractivity contribution in [1.82, 2.24) is 5.32 Å². The third-order valence-electron chi connectivity index (χ3n) is 4.81. The Hall–Kier alpha value is -3.32. The Labute approximate surface area is 178 Å². The molecule has 1 aliphatic rings. The minimum Gasteiger partial charge on any atom is -0.492 e. The third-order valence-corrected chi connectivity index (χ3v) is 4.81. The Morgan fingerprint density at radius 1 is 0.968 bits per heavy atom. The van der Waals surface area contributed by atoms with Crippen LogP contribution >= 0.6 is 0 Å². The average molecular weight is 426 g/mol. The molecular formula is C24H21F3N2O2. The zero-order chi connectivity index (χ0) is 21.7. The largest absolute Gasteiger partial charge is 0.492 e. The fraction of sp³-hybridized carbons (Fsp3) is 0.208. The van der Waals surface area contributed by atoms with Crippen LogP contribution in [0.1, 0.15) is 11.1 Å². The van der Waals surface area contributed by atoms with Crippen molar-refractivity contribution in [3.05, 3.63) is 83.9 Å². The summed E-state index contributed by atoms with van der Waals surface area (Å²) < 4.78 is 50.0. The van der Waals surface area contributed by atoms with Gasteiger partial charge in [-0.3, -0.25) is 10.3 Å². The van der Waals surface area contributed by atoms with Crippen LogP contribution in [0.15, 0.2) is 77.8 Å². The van der Waals surface area contributed by atoms with Gasteiger partial charge < -0.3 is 9.47 Å². The summed E-state index contributed by atoms with van der Waals surface area (Å²) in [5.74, 6) is 1.48. The van der Waals surface area contributed by atoms with Gasteiger partial charge in [-0.1, -0.05) is 36.4 Å². The number of hydrogen-bond acceptors (Lipinski definition) is 4. The summed E-state index contributed by atoms with van der Waals surface area (Å²) >= 11 is 0. The second-order valence-electron chi connectivity index (χ2n) is 7.04. The summed E-state index contributed by atoms with van der Waals surface area (Å²) in [6, 6.07) is 20.2. The Balaban J connectivity index is 1.37. The Kier molecular flexibility index (Phi) is 6.23. The van der Waals surface area contributed by atoms with Crippen molar-refractivity contribution < 1.29 is 22.6 Å². The van der Waals surface area contributed by atoms with E-state index in [2.05, 4.69) is 10.3 Å². The molecule has 0 amide bonds. The molecule has 4 nitrogen and oxygen atoms in total. The predicted molar refractivity (Wildman–Crippen MR) is 114 cm³/mol. The smallest absolute Gasteiger partial charge is 0.416 e. The number of ether oxygens (including phenoxy) is 2. The maximum Gasteiger partial charge on any atom is 0.416 e. The van der Waals surface area contributed by atoms with Crippen LogP contribution in [0, 0.1) is 0 Å². The van der Waals surface area contributed by atoms with Crippen molar-refractivity contribution in [2.45, 2.75) is 12.4 Å². The van der Waals surface area contributed by atoms with Crippen molar-refractivity contribution in [3.63, 3.8) is 0 Å². The molecule has 0 saturated carbocycles. The van der Waals surface area contributed by atoms with E-state index in [9.17, 15) is 13.2 Å². The molecular weight excluding hydrogens is 405 g/mol. The molecule has 0 radical (unpaired) electrons. The van der Waals surface area contributed by atoms with Gasteiger partial charge in [0.25, 0.3) is 0 Å². The lowest BCUT2D eigenvalue weighted by atomic mass is 10.0. The van der Waals surface area contributed by atoms with Gasteiger partial charge >= 0.3 is 6.18 Å². The third kappa shape index (κ3) is 5.44. The summed E-state index contributed by atoms with van der Waals surface area (Å²) in [4.78, 5) is 4.41. The van der Waals surface area contributed by atoms with Crippen LogP contribution in [-0.2, 0) is 6.18 Å². The molecule has 31 heavy (non-hydrogen) atoms. The first-order valence-electron chi connectivity index (χ1n) is 9.88. The van der Waals surface area contributed by atoms with Crippen LogP contribution in [-0.4, -0.2) is 32.1 Å². The number of fused-ring (bicyclic) bond motifs is 1.